The third-order valence-electron chi connectivity index (χ3n) is 3.73. The standard InChI is InChI=1S/C18H23FN4O/c1-4-23(5-2)17(24)16-12-13(3)21-18(22-16)20-11-10-14-6-8-15(19)9-7-14/h6-9,12H,4-5,10-11H2,1-3H3,(H,20,21,22). The molecule has 0 unspecified atom stereocenters. The lowest BCUT2D eigenvalue weighted by Crippen LogP contribution is -2.31. The first-order chi connectivity index (χ1) is 11.5. The van der Waals surface area contributed by atoms with E-state index >= 15 is 0 Å². The highest BCUT2D eigenvalue weighted by molar-refractivity contribution is 5.92. The SMILES string of the molecule is CCN(CC)C(=O)c1cc(C)nc(NCCc2ccc(F)cc2)n1. The molecule has 0 radical (unpaired) electrons. The van der Waals surface area contributed by atoms with Gasteiger partial charge in [0.15, 0.2) is 0 Å². The number of rotatable bonds is 7. The fourth-order valence-electron chi connectivity index (χ4n) is 2.40. The van der Waals surface area contributed by atoms with E-state index in [1.165, 1.54) is 12.1 Å². The van der Waals surface area contributed by atoms with Crippen LogP contribution in [0.25, 0.3) is 0 Å². The van der Waals surface area contributed by atoms with Crippen LogP contribution in [0.1, 0.15) is 35.6 Å². The molecule has 1 aromatic heterocycles. The molecule has 5 nitrogen and oxygen atoms in total. The number of anilines is 1. The molecule has 24 heavy (non-hydrogen) atoms. The molecule has 0 atom stereocenters. The maximum absolute atomic E-state index is 12.9. The Bertz CT molecular complexity index is 684. The van der Waals surface area contributed by atoms with Crippen molar-refractivity contribution >= 4 is 11.9 Å². The minimum absolute atomic E-state index is 0.0907. The van der Waals surface area contributed by atoms with E-state index in [0.29, 0.717) is 31.3 Å². The maximum atomic E-state index is 12.9. The third kappa shape index (κ3) is 4.75. The molecule has 0 fully saturated rings. The topological polar surface area (TPSA) is 58.1 Å². The van der Waals surface area contributed by atoms with Crippen molar-refractivity contribution in [3.05, 3.63) is 53.1 Å². The first-order valence-electron chi connectivity index (χ1n) is 8.16. The van der Waals surface area contributed by atoms with Crippen LogP contribution in [0.15, 0.2) is 30.3 Å². The van der Waals surface area contributed by atoms with Gasteiger partial charge in [-0.05, 0) is 51.0 Å². The molecule has 1 N–H and O–H groups in total. The second-order valence-electron chi connectivity index (χ2n) is 5.50. The summed E-state index contributed by atoms with van der Waals surface area (Å²) in [7, 11) is 0. The van der Waals surface area contributed by atoms with Gasteiger partial charge < -0.3 is 10.2 Å². The number of carbonyl (C=O) groups excluding carboxylic acids is 1. The molecule has 0 bridgehead atoms. The third-order valence-corrected chi connectivity index (χ3v) is 3.73. The summed E-state index contributed by atoms with van der Waals surface area (Å²) in [6, 6.07) is 8.09. The Morgan fingerprint density at radius 1 is 1.17 bits per heavy atom. The molecule has 0 saturated heterocycles. The van der Waals surface area contributed by atoms with E-state index in [1.54, 1.807) is 23.1 Å². The van der Waals surface area contributed by atoms with Crippen molar-refractivity contribution in [3.63, 3.8) is 0 Å². The lowest BCUT2D eigenvalue weighted by molar-refractivity contribution is 0.0767. The van der Waals surface area contributed by atoms with Crippen LogP contribution in [0.2, 0.25) is 0 Å². The smallest absolute Gasteiger partial charge is 0.272 e. The van der Waals surface area contributed by atoms with Crippen LogP contribution in [0.4, 0.5) is 10.3 Å². The van der Waals surface area contributed by atoms with Crippen LogP contribution in [0, 0.1) is 12.7 Å². The Hall–Kier alpha value is -2.50. The van der Waals surface area contributed by atoms with E-state index in [1.807, 2.05) is 20.8 Å². The molecule has 1 amide bonds. The second-order valence-corrected chi connectivity index (χ2v) is 5.50. The van der Waals surface area contributed by atoms with Crippen molar-refractivity contribution in [3.8, 4) is 0 Å². The summed E-state index contributed by atoms with van der Waals surface area (Å²) >= 11 is 0. The van der Waals surface area contributed by atoms with Crippen molar-refractivity contribution in [2.24, 2.45) is 0 Å². The Kier molecular flexibility index (Phi) is 6.23. The summed E-state index contributed by atoms with van der Waals surface area (Å²) in [5.74, 6) is 0.105. The highest BCUT2D eigenvalue weighted by Gasteiger charge is 2.15. The number of nitrogens with one attached hydrogen (secondary N) is 1. The summed E-state index contributed by atoms with van der Waals surface area (Å²) < 4.78 is 12.9. The Morgan fingerprint density at radius 3 is 2.46 bits per heavy atom. The molecule has 6 heteroatoms. The van der Waals surface area contributed by atoms with Crippen molar-refractivity contribution in [2.75, 3.05) is 25.0 Å². The minimum Gasteiger partial charge on any atom is -0.354 e. The van der Waals surface area contributed by atoms with Crippen LogP contribution >= 0.6 is 0 Å². The molecule has 0 aliphatic carbocycles. The molecule has 2 rings (SSSR count). The van der Waals surface area contributed by atoms with Crippen molar-refractivity contribution < 1.29 is 9.18 Å². The lowest BCUT2D eigenvalue weighted by atomic mass is 10.1. The van der Waals surface area contributed by atoms with Crippen molar-refractivity contribution in [2.45, 2.75) is 27.2 Å². The number of amides is 1. The number of hydrogen-bond donors (Lipinski definition) is 1. The molecular weight excluding hydrogens is 307 g/mol. The zero-order valence-electron chi connectivity index (χ0n) is 14.3. The monoisotopic (exact) mass is 330 g/mol. The molecule has 2 aromatic rings. The predicted octanol–water partition coefficient (Wildman–Crippen LogP) is 3.06. The van der Waals surface area contributed by atoms with Gasteiger partial charge in [-0.15, -0.1) is 0 Å². The van der Waals surface area contributed by atoms with Gasteiger partial charge in [0.25, 0.3) is 5.91 Å². The van der Waals surface area contributed by atoms with Gasteiger partial charge in [0.2, 0.25) is 5.95 Å². The first-order valence-corrected chi connectivity index (χ1v) is 8.16. The number of carbonyl (C=O) groups is 1. The van der Waals surface area contributed by atoms with Gasteiger partial charge in [0.1, 0.15) is 11.5 Å². The summed E-state index contributed by atoms with van der Waals surface area (Å²) in [6.45, 7) is 7.62. The Balaban J connectivity index is 2.02. The maximum Gasteiger partial charge on any atom is 0.272 e. The van der Waals surface area contributed by atoms with Crippen LogP contribution in [-0.4, -0.2) is 40.4 Å². The van der Waals surface area contributed by atoms with Crippen LogP contribution in [-0.2, 0) is 6.42 Å². The van der Waals surface area contributed by atoms with Gasteiger partial charge >= 0.3 is 0 Å². The highest BCUT2D eigenvalue weighted by Crippen LogP contribution is 2.09. The van der Waals surface area contributed by atoms with Gasteiger partial charge in [0.05, 0.1) is 0 Å². The van der Waals surface area contributed by atoms with E-state index in [0.717, 1.165) is 17.7 Å². The second kappa shape index (κ2) is 8.38. The average Bonchev–Trinajstić information content (AvgIpc) is 2.57. The van der Waals surface area contributed by atoms with Crippen LogP contribution < -0.4 is 5.32 Å². The lowest BCUT2D eigenvalue weighted by Gasteiger charge is -2.18. The molecule has 0 spiro atoms. The predicted molar refractivity (Wildman–Crippen MR) is 92.6 cm³/mol. The van der Waals surface area contributed by atoms with Gasteiger partial charge in [-0.3, -0.25) is 4.79 Å². The van der Waals surface area contributed by atoms with E-state index in [4.69, 9.17) is 0 Å². The molecular formula is C18H23FN4O. The van der Waals surface area contributed by atoms with Crippen LogP contribution in [0.3, 0.4) is 0 Å². The van der Waals surface area contributed by atoms with E-state index in [2.05, 4.69) is 15.3 Å². The molecule has 0 aliphatic heterocycles. The Labute approximate surface area is 141 Å². The molecule has 128 valence electrons. The number of aromatic nitrogens is 2. The minimum atomic E-state index is -0.242. The molecule has 0 saturated carbocycles. The fraction of sp³-hybridized carbons (Fsp3) is 0.389. The van der Waals surface area contributed by atoms with Gasteiger partial charge in [0, 0.05) is 25.3 Å². The summed E-state index contributed by atoms with van der Waals surface area (Å²) in [5.41, 5.74) is 2.16. The largest absolute Gasteiger partial charge is 0.354 e. The van der Waals surface area contributed by atoms with E-state index < -0.39 is 0 Å². The summed E-state index contributed by atoms with van der Waals surface area (Å²) in [5, 5.41) is 3.13. The molecule has 0 aliphatic rings. The number of hydrogen-bond acceptors (Lipinski definition) is 4. The fourth-order valence-corrected chi connectivity index (χ4v) is 2.40. The summed E-state index contributed by atoms with van der Waals surface area (Å²) in [4.78, 5) is 22.8. The van der Waals surface area contributed by atoms with Gasteiger partial charge in [-0.2, -0.15) is 0 Å². The van der Waals surface area contributed by atoms with Gasteiger partial charge in [-0.1, -0.05) is 12.1 Å². The number of nitrogens with zero attached hydrogens (tertiary/aromatic N) is 3. The van der Waals surface area contributed by atoms with Crippen LogP contribution in [0.5, 0.6) is 0 Å². The van der Waals surface area contributed by atoms with E-state index in [9.17, 15) is 9.18 Å². The molecule has 1 aromatic carbocycles. The zero-order valence-corrected chi connectivity index (χ0v) is 14.3. The normalized spacial score (nSPS) is 10.5. The molecule has 1 heterocycles. The number of benzene rings is 1. The quantitative estimate of drug-likeness (QED) is 0.848. The Morgan fingerprint density at radius 2 is 1.83 bits per heavy atom. The zero-order chi connectivity index (χ0) is 17.5. The van der Waals surface area contributed by atoms with E-state index in [-0.39, 0.29) is 11.7 Å². The number of halogens is 1. The highest BCUT2D eigenvalue weighted by atomic mass is 19.1. The van der Waals surface area contributed by atoms with Gasteiger partial charge in [-0.25, -0.2) is 14.4 Å². The van der Waals surface area contributed by atoms with Crippen molar-refractivity contribution in [1.82, 2.24) is 14.9 Å². The summed E-state index contributed by atoms with van der Waals surface area (Å²) in [6.07, 6.45) is 0.719. The number of aryl methyl sites for hydroxylation is 1. The first kappa shape index (κ1) is 17.8. The average molecular weight is 330 g/mol. The van der Waals surface area contributed by atoms with Crippen molar-refractivity contribution in [1.29, 1.82) is 0 Å².